The highest BCUT2D eigenvalue weighted by atomic mass is 79.9. The summed E-state index contributed by atoms with van der Waals surface area (Å²) >= 11 is 3.31. The van der Waals surface area contributed by atoms with E-state index in [1.54, 1.807) is 16.7 Å². The van der Waals surface area contributed by atoms with Crippen molar-refractivity contribution in [2.75, 3.05) is 0 Å². The normalized spacial score (nSPS) is 10.5. The Kier molecular flexibility index (Phi) is 1.81. The Morgan fingerprint density at radius 2 is 2.23 bits per heavy atom. The third-order valence-corrected chi connectivity index (χ3v) is 2.14. The molecule has 0 radical (unpaired) electrons. The lowest BCUT2D eigenvalue weighted by molar-refractivity contribution is 0.0996. The van der Waals surface area contributed by atoms with E-state index in [1.165, 1.54) is 0 Å². The van der Waals surface area contributed by atoms with E-state index >= 15 is 0 Å². The molecule has 0 bridgehead atoms. The SMILES string of the molecule is NC(=O)c1cn2cc(Br)ccc2n1. The van der Waals surface area contributed by atoms with Gasteiger partial charge < -0.3 is 10.1 Å². The van der Waals surface area contributed by atoms with Crippen LogP contribution in [0.25, 0.3) is 5.65 Å². The Bertz CT molecular complexity index is 477. The van der Waals surface area contributed by atoms with E-state index in [4.69, 9.17) is 5.73 Å². The highest BCUT2D eigenvalue weighted by Gasteiger charge is 2.05. The van der Waals surface area contributed by atoms with Crippen molar-refractivity contribution >= 4 is 27.5 Å². The third-order valence-electron chi connectivity index (χ3n) is 1.67. The number of rotatable bonds is 1. The van der Waals surface area contributed by atoms with Gasteiger partial charge in [-0.2, -0.15) is 0 Å². The molecule has 2 aromatic heterocycles. The number of amides is 1. The Morgan fingerprint density at radius 3 is 2.92 bits per heavy atom. The lowest BCUT2D eigenvalue weighted by Gasteiger charge is -1.91. The highest BCUT2D eigenvalue weighted by molar-refractivity contribution is 9.10. The van der Waals surface area contributed by atoms with Crippen LogP contribution in [0.3, 0.4) is 0 Å². The monoisotopic (exact) mass is 239 g/mol. The lowest BCUT2D eigenvalue weighted by Crippen LogP contribution is -2.10. The summed E-state index contributed by atoms with van der Waals surface area (Å²) in [6.45, 7) is 0. The van der Waals surface area contributed by atoms with Crippen LogP contribution in [-0.2, 0) is 0 Å². The van der Waals surface area contributed by atoms with Crippen LogP contribution >= 0.6 is 15.9 Å². The zero-order valence-electron chi connectivity index (χ0n) is 6.57. The van der Waals surface area contributed by atoms with Crippen LogP contribution < -0.4 is 5.73 Å². The molecule has 0 saturated heterocycles. The maximum absolute atomic E-state index is 10.8. The molecule has 2 rings (SSSR count). The van der Waals surface area contributed by atoms with Crippen molar-refractivity contribution in [2.45, 2.75) is 0 Å². The number of aromatic nitrogens is 2. The van der Waals surface area contributed by atoms with Gasteiger partial charge in [-0.3, -0.25) is 4.79 Å². The van der Waals surface area contributed by atoms with Gasteiger partial charge in [-0.15, -0.1) is 0 Å². The molecule has 0 aliphatic heterocycles. The smallest absolute Gasteiger partial charge is 0.268 e. The summed E-state index contributed by atoms with van der Waals surface area (Å²) in [6, 6.07) is 3.66. The minimum atomic E-state index is -0.514. The number of carbonyl (C=O) groups is 1. The van der Waals surface area contributed by atoms with E-state index in [2.05, 4.69) is 20.9 Å². The van der Waals surface area contributed by atoms with Gasteiger partial charge in [-0.1, -0.05) is 0 Å². The molecule has 2 aromatic rings. The lowest BCUT2D eigenvalue weighted by atomic mass is 10.5. The molecule has 0 unspecified atom stereocenters. The van der Waals surface area contributed by atoms with E-state index in [1.807, 2.05) is 12.3 Å². The summed E-state index contributed by atoms with van der Waals surface area (Å²) in [5, 5.41) is 0. The number of hydrogen-bond donors (Lipinski definition) is 1. The van der Waals surface area contributed by atoms with Crippen LogP contribution in [0.1, 0.15) is 10.5 Å². The van der Waals surface area contributed by atoms with Crippen molar-refractivity contribution in [1.29, 1.82) is 0 Å². The molecule has 0 spiro atoms. The Hall–Kier alpha value is -1.36. The Labute approximate surface area is 82.5 Å². The number of primary amides is 1. The second kappa shape index (κ2) is 2.85. The number of halogens is 1. The minimum Gasteiger partial charge on any atom is -0.364 e. The van der Waals surface area contributed by atoms with Gasteiger partial charge in [0.15, 0.2) is 0 Å². The molecule has 0 aliphatic rings. The molecule has 0 atom stereocenters. The fourth-order valence-electron chi connectivity index (χ4n) is 1.08. The van der Waals surface area contributed by atoms with Crippen molar-refractivity contribution in [3.8, 4) is 0 Å². The number of hydrogen-bond acceptors (Lipinski definition) is 2. The van der Waals surface area contributed by atoms with Crippen LogP contribution in [0, 0.1) is 0 Å². The van der Waals surface area contributed by atoms with Crippen molar-refractivity contribution in [3.05, 3.63) is 34.7 Å². The predicted molar refractivity (Wildman–Crippen MR) is 51.4 cm³/mol. The fraction of sp³-hybridized carbons (Fsp3) is 0. The van der Waals surface area contributed by atoms with E-state index in [9.17, 15) is 4.79 Å². The Morgan fingerprint density at radius 1 is 1.46 bits per heavy atom. The van der Waals surface area contributed by atoms with Crippen LogP contribution in [0.4, 0.5) is 0 Å². The van der Waals surface area contributed by atoms with E-state index in [-0.39, 0.29) is 5.69 Å². The molecule has 1 amide bonds. The zero-order valence-corrected chi connectivity index (χ0v) is 8.15. The maximum atomic E-state index is 10.8. The van der Waals surface area contributed by atoms with Crippen molar-refractivity contribution in [3.63, 3.8) is 0 Å². The Balaban J connectivity index is 2.68. The molecule has 66 valence electrons. The summed E-state index contributed by atoms with van der Waals surface area (Å²) < 4.78 is 2.66. The van der Waals surface area contributed by atoms with Crippen LogP contribution in [0.15, 0.2) is 29.0 Å². The third kappa shape index (κ3) is 1.42. The first-order valence-electron chi connectivity index (χ1n) is 3.61. The molecule has 2 N–H and O–H groups in total. The van der Waals surface area contributed by atoms with E-state index in [0.717, 1.165) is 4.47 Å². The first-order chi connectivity index (χ1) is 6.16. The number of fused-ring (bicyclic) bond motifs is 1. The topological polar surface area (TPSA) is 60.4 Å². The zero-order chi connectivity index (χ0) is 9.42. The van der Waals surface area contributed by atoms with Crippen LogP contribution in [0.2, 0.25) is 0 Å². The van der Waals surface area contributed by atoms with Crippen molar-refractivity contribution in [2.24, 2.45) is 5.73 Å². The number of carbonyl (C=O) groups excluding carboxylic acids is 1. The summed E-state index contributed by atoms with van der Waals surface area (Å²) in [7, 11) is 0. The largest absolute Gasteiger partial charge is 0.364 e. The minimum absolute atomic E-state index is 0.276. The molecule has 0 fully saturated rings. The second-order valence-corrected chi connectivity index (χ2v) is 3.52. The predicted octanol–water partition coefficient (Wildman–Crippen LogP) is 1.20. The van der Waals surface area contributed by atoms with Gasteiger partial charge in [-0.25, -0.2) is 4.98 Å². The van der Waals surface area contributed by atoms with Crippen molar-refractivity contribution in [1.82, 2.24) is 9.38 Å². The quantitative estimate of drug-likeness (QED) is 0.813. The maximum Gasteiger partial charge on any atom is 0.268 e. The molecular formula is C8H6BrN3O. The van der Waals surface area contributed by atoms with Gasteiger partial charge in [0.2, 0.25) is 0 Å². The van der Waals surface area contributed by atoms with Crippen LogP contribution in [-0.4, -0.2) is 15.3 Å². The summed E-state index contributed by atoms with van der Waals surface area (Å²) in [6.07, 6.45) is 3.41. The fourth-order valence-corrected chi connectivity index (χ4v) is 1.44. The van der Waals surface area contributed by atoms with Gasteiger partial charge >= 0.3 is 0 Å². The van der Waals surface area contributed by atoms with E-state index < -0.39 is 5.91 Å². The summed E-state index contributed by atoms with van der Waals surface area (Å²) in [5.74, 6) is -0.514. The van der Waals surface area contributed by atoms with Gasteiger partial charge in [0.05, 0.1) is 0 Å². The summed E-state index contributed by atoms with van der Waals surface area (Å²) in [4.78, 5) is 14.8. The van der Waals surface area contributed by atoms with Gasteiger partial charge in [0, 0.05) is 16.9 Å². The van der Waals surface area contributed by atoms with Crippen molar-refractivity contribution < 1.29 is 4.79 Å². The van der Waals surface area contributed by atoms with E-state index in [0.29, 0.717) is 5.65 Å². The number of nitrogens with two attached hydrogens (primary N) is 1. The molecule has 4 nitrogen and oxygen atoms in total. The second-order valence-electron chi connectivity index (χ2n) is 2.60. The molecule has 5 heteroatoms. The molecular weight excluding hydrogens is 234 g/mol. The standard InChI is InChI=1S/C8H6BrN3O/c9-5-1-2-7-11-6(8(10)13)4-12(7)3-5/h1-4H,(H2,10,13). The first kappa shape index (κ1) is 8.25. The highest BCUT2D eigenvalue weighted by Crippen LogP contribution is 2.11. The first-order valence-corrected chi connectivity index (χ1v) is 4.40. The summed E-state index contributed by atoms with van der Waals surface area (Å²) in [5.41, 5.74) is 6.07. The number of imidazole rings is 1. The molecule has 2 heterocycles. The number of pyridine rings is 1. The van der Waals surface area contributed by atoms with Gasteiger partial charge in [0.25, 0.3) is 5.91 Å². The molecule has 13 heavy (non-hydrogen) atoms. The van der Waals surface area contributed by atoms with Gasteiger partial charge in [-0.05, 0) is 28.1 Å². The molecule has 0 aliphatic carbocycles. The van der Waals surface area contributed by atoms with Crippen LogP contribution in [0.5, 0.6) is 0 Å². The average Bonchev–Trinajstić information content (AvgIpc) is 2.46. The average molecular weight is 240 g/mol. The van der Waals surface area contributed by atoms with Gasteiger partial charge in [0.1, 0.15) is 11.3 Å². The molecule has 0 aromatic carbocycles. The molecule has 0 saturated carbocycles. The number of nitrogens with zero attached hydrogens (tertiary/aromatic N) is 2.